The molecule has 0 aliphatic carbocycles. The van der Waals surface area contributed by atoms with E-state index in [-0.39, 0.29) is 0 Å². The van der Waals surface area contributed by atoms with Crippen molar-refractivity contribution >= 4 is 5.69 Å². The van der Waals surface area contributed by atoms with E-state index in [0.29, 0.717) is 26.4 Å². The molecule has 0 fully saturated rings. The SMILES string of the molecule is COCCOCCOCCN1Cc2ccc(N)cc2C1. The van der Waals surface area contributed by atoms with Crippen molar-refractivity contribution in [2.75, 3.05) is 52.4 Å². The van der Waals surface area contributed by atoms with Gasteiger partial charge >= 0.3 is 0 Å². The predicted octanol–water partition coefficient (Wildman–Crippen LogP) is 1.26. The fourth-order valence-corrected chi connectivity index (χ4v) is 2.30. The Balaban J connectivity index is 1.54. The van der Waals surface area contributed by atoms with Crippen molar-refractivity contribution in [1.29, 1.82) is 0 Å². The first-order valence-corrected chi connectivity index (χ1v) is 7.03. The maximum Gasteiger partial charge on any atom is 0.0701 e. The molecule has 0 saturated carbocycles. The largest absolute Gasteiger partial charge is 0.399 e. The van der Waals surface area contributed by atoms with Crippen LogP contribution in [0.1, 0.15) is 11.1 Å². The van der Waals surface area contributed by atoms with Crippen LogP contribution in [0.5, 0.6) is 0 Å². The fraction of sp³-hybridized carbons (Fsp3) is 0.600. The Morgan fingerprint density at radius 2 is 1.70 bits per heavy atom. The van der Waals surface area contributed by atoms with Gasteiger partial charge < -0.3 is 19.9 Å². The predicted molar refractivity (Wildman–Crippen MR) is 78.5 cm³/mol. The molecule has 0 spiro atoms. The van der Waals surface area contributed by atoms with Gasteiger partial charge in [0, 0.05) is 32.4 Å². The quantitative estimate of drug-likeness (QED) is 0.545. The first-order chi connectivity index (χ1) is 9.79. The van der Waals surface area contributed by atoms with Crippen LogP contribution in [0.2, 0.25) is 0 Å². The summed E-state index contributed by atoms with van der Waals surface area (Å²) in [5.41, 5.74) is 9.36. The van der Waals surface area contributed by atoms with Gasteiger partial charge in [0.15, 0.2) is 0 Å². The highest BCUT2D eigenvalue weighted by Gasteiger charge is 2.18. The maximum absolute atomic E-state index is 5.80. The lowest BCUT2D eigenvalue weighted by atomic mass is 10.1. The van der Waals surface area contributed by atoms with Crippen molar-refractivity contribution in [2.45, 2.75) is 13.1 Å². The van der Waals surface area contributed by atoms with Gasteiger partial charge in [-0.15, -0.1) is 0 Å². The van der Waals surface area contributed by atoms with E-state index in [2.05, 4.69) is 17.0 Å². The van der Waals surface area contributed by atoms with Crippen LogP contribution in [-0.2, 0) is 27.3 Å². The Bertz CT molecular complexity index is 412. The number of nitrogen functional groups attached to an aromatic ring is 1. The Morgan fingerprint density at radius 3 is 2.50 bits per heavy atom. The Morgan fingerprint density at radius 1 is 1.00 bits per heavy atom. The third-order valence-electron chi connectivity index (χ3n) is 3.37. The molecule has 5 heteroatoms. The standard InChI is InChI=1S/C15H24N2O3/c1-18-6-7-20-9-8-19-5-4-17-11-13-2-3-15(16)10-14(13)12-17/h2-3,10H,4-9,11-12,16H2,1H3. The third-order valence-corrected chi connectivity index (χ3v) is 3.37. The van der Waals surface area contributed by atoms with E-state index in [4.69, 9.17) is 19.9 Å². The van der Waals surface area contributed by atoms with Crippen molar-refractivity contribution in [3.8, 4) is 0 Å². The van der Waals surface area contributed by atoms with Crippen LogP contribution in [0.15, 0.2) is 18.2 Å². The van der Waals surface area contributed by atoms with Gasteiger partial charge in [0.1, 0.15) is 0 Å². The van der Waals surface area contributed by atoms with Crippen molar-refractivity contribution < 1.29 is 14.2 Å². The summed E-state index contributed by atoms with van der Waals surface area (Å²) in [6, 6.07) is 6.16. The van der Waals surface area contributed by atoms with Gasteiger partial charge in [0.05, 0.1) is 33.0 Å². The molecule has 20 heavy (non-hydrogen) atoms. The molecule has 1 aromatic rings. The maximum atomic E-state index is 5.80. The lowest BCUT2D eigenvalue weighted by Gasteiger charge is -2.14. The van der Waals surface area contributed by atoms with Crippen molar-refractivity contribution in [3.63, 3.8) is 0 Å². The minimum absolute atomic E-state index is 0.625. The van der Waals surface area contributed by atoms with Crippen LogP contribution >= 0.6 is 0 Å². The van der Waals surface area contributed by atoms with Crippen molar-refractivity contribution in [3.05, 3.63) is 29.3 Å². The number of nitrogens with zero attached hydrogens (tertiary/aromatic N) is 1. The molecule has 0 radical (unpaired) electrons. The van der Waals surface area contributed by atoms with E-state index in [1.54, 1.807) is 7.11 Å². The second-order valence-corrected chi connectivity index (χ2v) is 4.96. The highest BCUT2D eigenvalue weighted by atomic mass is 16.5. The van der Waals surface area contributed by atoms with Crippen LogP contribution in [0.4, 0.5) is 5.69 Å². The number of hydrogen-bond acceptors (Lipinski definition) is 5. The molecule has 1 aliphatic rings. The van der Waals surface area contributed by atoms with Gasteiger partial charge in [-0.3, -0.25) is 4.90 Å². The Labute approximate surface area is 120 Å². The number of fused-ring (bicyclic) bond motifs is 1. The van der Waals surface area contributed by atoms with Gasteiger partial charge in [-0.2, -0.15) is 0 Å². The first-order valence-electron chi connectivity index (χ1n) is 7.03. The number of anilines is 1. The summed E-state index contributed by atoms with van der Waals surface area (Å²) in [6.07, 6.45) is 0. The molecule has 0 unspecified atom stereocenters. The minimum atomic E-state index is 0.625. The molecule has 2 rings (SSSR count). The zero-order valence-corrected chi connectivity index (χ0v) is 12.1. The van der Waals surface area contributed by atoms with E-state index in [9.17, 15) is 0 Å². The molecule has 1 heterocycles. The van der Waals surface area contributed by atoms with Gasteiger partial charge in [-0.05, 0) is 23.3 Å². The molecule has 1 aliphatic heterocycles. The van der Waals surface area contributed by atoms with Crippen LogP contribution in [0.25, 0.3) is 0 Å². The molecule has 1 aromatic carbocycles. The third kappa shape index (κ3) is 4.76. The average Bonchev–Trinajstić information content (AvgIpc) is 2.83. The highest BCUT2D eigenvalue weighted by Crippen LogP contribution is 2.24. The topological polar surface area (TPSA) is 57.0 Å². The van der Waals surface area contributed by atoms with Gasteiger partial charge in [0.25, 0.3) is 0 Å². The van der Waals surface area contributed by atoms with Crippen LogP contribution < -0.4 is 5.73 Å². The summed E-state index contributed by atoms with van der Waals surface area (Å²) >= 11 is 0. The average molecular weight is 280 g/mol. The summed E-state index contributed by atoms with van der Waals surface area (Å²) in [4.78, 5) is 2.37. The van der Waals surface area contributed by atoms with Crippen LogP contribution in [0, 0.1) is 0 Å². The molecule has 0 saturated heterocycles. The smallest absolute Gasteiger partial charge is 0.0701 e. The first kappa shape index (κ1) is 15.3. The Kier molecular flexibility index (Phi) is 6.26. The van der Waals surface area contributed by atoms with E-state index in [1.807, 2.05) is 6.07 Å². The number of nitrogens with two attached hydrogens (primary N) is 1. The Hall–Kier alpha value is -1.14. The van der Waals surface area contributed by atoms with E-state index in [1.165, 1.54) is 11.1 Å². The molecule has 0 aromatic heterocycles. The summed E-state index contributed by atoms with van der Waals surface area (Å²) in [5, 5.41) is 0. The molecule has 112 valence electrons. The number of rotatable bonds is 9. The van der Waals surface area contributed by atoms with Gasteiger partial charge in [0.2, 0.25) is 0 Å². The number of ether oxygens (including phenoxy) is 3. The minimum Gasteiger partial charge on any atom is -0.399 e. The number of methoxy groups -OCH3 is 1. The van der Waals surface area contributed by atoms with Gasteiger partial charge in [-0.1, -0.05) is 6.07 Å². The summed E-state index contributed by atoms with van der Waals surface area (Å²) in [5.74, 6) is 0. The zero-order valence-electron chi connectivity index (χ0n) is 12.1. The number of benzene rings is 1. The highest BCUT2D eigenvalue weighted by molar-refractivity contribution is 5.46. The normalized spacial score (nSPS) is 14.7. The van der Waals surface area contributed by atoms with Crippen molar-refractivity contribution in [2.24, 2.45) is 0 Å². The molecular weight excluding hydrogens is 256 g/mol. The molecule has 2 N–H and O–H groups in total. The van der Waals surface area contributed by atoms with Crippen LogP contribution in [0.3, 0.4) is 0 Å². The zero-order chi connectivity index (χ0) is 14.2. The summed E-state index contributed by atoms with van der Waals surface area (Å²) < 4.78 is 15.8. The lowest BCUT2D eigenvalue weighted by Crippen LogP contribution is -2.22. The summed E-state index contributed by atoms with van der Waals surface area (Å²) in [7, 11) is 1.67. The molecule has 0 atom stereocenters. The second-order valence-electron chi connectivity index (χ2n) is 4.96. The molecule has 0 bridgehead atoms. The van der Waals surface area contributed by atoms with Crippen molar-refractivity contribution in [1.82, 2.24) is 4.90 Å². The molecule has 0 amide bonds. The second kappa shape index (κ2) is 8.21. The van der Waals surface area contributed by atoms with Crippen LogP contribution in [-0.4, -0.2) is 51.6 Å². The monoisotopic (exact) mass is 280 g/mol. The van der Waals surface area contributed by atoms with E-state index in [0.717, 1.165) is 31.9 Å². The molecular formula is C15H24N2O3. The number of hydrogen-bond donors (Lipinski definition) is 1. The summed E-state index contributed by atoms with van der Waals surface area (Å²) in [6.45, 7) is 6.15. The lowest BCUT2D eigenvalue weighted by molar-refractivity contribution is 0.0192. The van der Waals surface area contributed by atoms with E-state index < -0.39 is 0 Å². The molecule has 5 nitrogen and oxygen atoms in total. The van der Waals surface area contributed by atoms with Gasteiger partial charge in [-0.25, -0.2) is 0 Å². The van der Waals surface area contributed by atoms with E-state index >= 15 is 0 Å². The fourth-order valence-electron chi connectivity index (χ4n) is 2.30.